The predicted molar refractivity (Wildman–Crippen MR) is 462 cm³/mol. The van der Waals surface area contributed by atoms with Gasteiger partial charge >= 0.3 is 0 Å². The van der Waals surface area contributed by atoms with E-state index in [2.05, 4.69) is 90.1 Å². The molecule has 0 saturated carbocycles. The van der Waals surface area contributed by atoms with Gasteiger partial charge in [0.2, 0.25) is 0 Å². The molecule has 0 bridgehead atoms. The van der Waals surface area contributed by atoms with Crippen molar-refractivity contribution in [3.05, 3.63) is 70.1 Å². The van der Waals surface area contributed by atoms with Crippen LogP contribution >= 0.6 is 68.8 Å². The SMILES string of the molecule is CCCCCCCCCCCCCCCC1(CCCCCCCCCCCCCCC)Oc2cc(C)sc2-c2sc(-c3ccc(-c4cc5c(s4)-c4sc(-c6ccc(C)c7nsnc67)cc4OC5(CCCCCCCCCCCCCCC)CCCCCCCCCCCCCCC)c4nsnc34)cc21. The van der Waals surface area contributed by atoms with E-state index in [9.17, 15) is 0 Å². The fraction of sp³-hybridized carbons (Fsp3) is 0.696. The molecule has 8 heterocycles. The third-order valence-electron chi connectivity index (χ3n) is 23.6. The topological polar surface area (TPSA) is 70.0 Å². The van der Waals surface area contributed by atoms with Gasteiger partial charge in [0.1, 0.15) is 44.8 Å². The van der Waals surface area contributed by atoms with Crippen LogP contribution in [0, 0.1) is 13.8 Å². The van der Waals surface area contributed by atoms with Crippen LogP contribution in [0.2, 0.25) is 0 Å². The Bertz CT molecular complexity index is 3610. The van der Waals surface area contributed by atoms with E-state index in [4.69, 9.17) is 27.0 Å². The Morgan fingerprint density at radius 3 is 0.846 bits per heavy atom. The summed E-state index contributed by atoms with van der Waals surface area (Å²) in [6.45, 7) is 13.7. The van der Waals surface area contributed by atoms with E-state index in [0.717, 1.165) is 64.8 Å². The van der Waals surface area contributed by atoms with Gasteiger partial charge in [-0.1, -0.05) is 360 Å². The van der Waals surface area contributed by atoms with Gasteiger partial charge in [0.25, 0.3) is 0 Å². The van der Waals surface area contributed by atoms with Crippen LogP contribution in [0.4, 0.5) is 0 Å². The number of fused-ring (bicyclic) bond motifs is 8. The van der Waals surface area contributed by atoms with Gasteiger partial charge in [0.15, 0.2) is 0 Å². The van der Waals surface area contributed by atoms with Crippen molar-refractivity contribution in [1.82, 2.24) is 17.5 Å². The van der Waals surface area contributed by atoms with Gasteiger partial charge in [-0.25, -0.2) is 0 Å². The average molecular weight is 1520 g/mol. The maximum absolute atomic E-state index is 7.85. The maximum atomic E-state index is 7.85. The molecular formula is C92H138N4O2S6. The molecule has 8 aromatic rings. The minimum absolute atomic E-state index is 0.340. The van der Waals surface area contributed by atoms with E-state index in [1.807, 2.05) is 45.3 Å². The van der Waals surface area contributed by atoms with Crippen LogP contribution in [0.15, 0.2) is 48.5 Å². The molecule has 0 amide bonds. The molecule has 0 spiro atoms. The highest BCUT2D eigenvalue weighted by molar-refractivity contribution is 7.26. The van der Waals surface area contributed by atoms with Crippen LogP contribution < -0.4 is 9.47 Å². The molecule has 574 valence electrons. The predicted octanol–water partition coefficient (Wildman–Crippen LogP) is 34.0. The third kappa shape index (κ3) is 24.2. The summed E-state index contributed by atoms with van der Waals surface area (Å²) in [6, 6.07) is 19.2. The van der Waals surface area contributed by atoms with Gasteiger partial charge in [0.05, 0.1) is 43.0 Å². The molecule has 12 heteroatoms. The number of aromatic nitrogens is 4. The van der Waals surface area contributed by atoms with Crippen molar-refractivity contribution in [1.29, 1.82) is 0 Å². The normalized spacial score (nSPS) is 13.6. The minimum atomic E-state index is -0.418. The zero-order chi connectivity index (χ0) is 72.3. The number of unbranched alkanes of at least 4 members (excludes halogenated alkanes) is 48. The molecule has 0 unspecified atom stereocenters. The lowest BCUT2D eigenvalue weighted by Crippen LogP contribution is -2.35. The minimum Gasteiger partial charge on any atom is -0.481 e. The van der Waals surface area contributed by atoms with Crippen LogP contribution in [0.1, 0.15) is 409 Å². The Balaban J connectivity index is 0.910. The summed E-state index contributed by atoms with van der Waals surface area (Å²) in [4.78, 5) is 10.5. The van der Waals surface area contributed by atoms with Gasteiger partial charge < -0.3 is 9.47 Å². The molecule has 0 N–H and O–H groups in total. The van der Waals surface area contributed by atoms with Crippen molar-refractivity contribution in [2.75, 3.05) is 0 Å². The Hall–Kier alpha value is -3.52. The number of rotatable bonds is 59. The zero-order valence-corrected chi connectivity index (χ0v) is 71.2. The molecule has 2 aromatic carbocycles. The third-order valence-corrected chi connectivity index (χ3v) is 29.5. The van der Waals surface area contributed by atoms with Gasteiger partial charge in [0, 0.05) is 47.3 Å². The van der Waals surface area contributed by atoms with Crippen molar-refractivity contribution in [3.8, 4) is 62.3 Å². The Labute approximate surface area is 657 Å². The second kappa shape index (κ2) is 46.2. The molecule has 0 saturated heterocycles. The molecule has 104 heavy (non-hydrogen) atoms. The van der Waals surface area contributed by atoms with Crippen LogP contribution in [-0.2, 0) is 11.2 Å². The van der Waals surface area contributed by atoms with Gasteiger partial charge in [-0.15, -0.1) is 45.3 Å². The van der Waals surface area contributed by atoms with Crippen LogP contribution in [0.5, 0.6) is 11.5 Å². The Kier molecular flexibility index (Phi) is 36.9. The van der Waals surface area contributed by atoms with Crippen LogP contribution in [-0.4, -0.2) is 17.5 Å². The number of benzene rings is 2. The number of thiophene rings is 4. The zero-order valence-electron chi connectivity index (χ0n) is 66.3. The molecule has 6 nitrogen and oxygen atoms in total. The standard InChI is InChI=1S/C92H138N4O2S6/c1-7-11-15-19-23-27-31-35-39-43-47-51-55-63-91(64-56-52-48-44-40-36-32-28-24-20-16-12-8-2)76-68-80(100-87(76)89-78(97-91)67-72(6)99-89)74-61-62-75(86-85(74)95-104-96-86)81-69-77-88(101-81)90-79(70-82(102-90)73-60-59-71(5)83-84(73)94-103-93-83)98-92(77,65-57-53-49-45-41-37-33-29-25-21-17-13-9-3)66-58-54-50-46-42-38-34-30-26-22-18-14-10-4/h59-62,67-70H,7-58,63-66H2,1-6H3. The Morgan fingerprint density at radius 2 is 0.519 bits per heavy atom. The first-order chi connectivity index (χ1) is 51.3. The second-order valence-electron chi connectivity index (χ2n) is 32.2. The van der Waals surface area contributed by atoms with Crippen molar-refractivity contribution < 1.29 is 9.47 Å². The summed E-state index contributed by atoms with van der Waals surface area (Å²) in [5.41, 5.74) is 10.9. The first-order valence-corrected chi connectivity index (χ1v) is 48.4. The summed E-state index contributed by atoms with van der Waals surface area (Å²) in [7, 11) is 0. The lowest BCUT2D eigenvalue weighted by atomic mass is 9.81. The molecular weight excluding hydrogens is 1390 g/mol. The molecule has 6 aromatic heterocycles. The fourth-order valence-corrected chi connectivity index (χ4v) is 23.3. The summed E-state index contributed by atoms with van der Waals surface area (Å²) < 4.78 is 35.8. The molecule has 0 aliphatic carbocycles. The Morgan fingerprint density at radius 1 is 0.269 bits per heavy atom. The highest BCUT2D eigenvalue weighted by Crippen LogP contribution is 2.61. The van der Waals surface area contributed by atoms with Gasteiger partial charge in [-0.3, -0.25) is 0 Å². The summed E-state index contributed by atoms with van der Waals surface area (Å²) in [5, 5.41) is 0. The van der Waals surface area contributed by atoms with Gasteiger partial charge in [-0.05, 0) is 95.0 Å². The van der Waals surface area contributed by atoms with Crippen molar-refractivity contribution in [2.45, 2.75) is 412 Å². The summed E-state index contributed by atoms with van der Waals surface area (Å²) in [6.07, 6.45) is 75.0. The van der Waals surface area contributed by atoms with E-state index >= 15 is 0 Å². The van der Waals surface area contributed by atoms with E-state index in [-0.39, 0.29) is 5.60 Å². The second-order valence-corrected chi connectivity index (χ2v) is 37.7. The number of ether oxygens (including phenoxy) is 2. The first kappa shape index (κ1) is 83.0. The molecule has 2 aliphatic rings. The molecule has 0 radical (unpaired) electrons. The molecule has 10 rings (SSSR count). The van der Waals surface area contributed by atoms with E-state index < -0.39 is 5.60 Å². The van der Waals surface area contributed by atoms with Crippen molar-refractivity contribution in [3.63, 3.8) is 0 Å². The van der Waals surface area contributed by atoms with Crippen molar-refractivity contribution in [2.24, 2.45) is 0 Å². The highest BCUT2D eigenvalue weighted by atomic mass is 32.1. The first-order valence-electron chi connectivity index (χ1n) is 43.7. The lowest BCUT2D eigenvalue weighted by Gasteiger charge is -2.38. The van der Waals surface area contributed by atoms with E-state index in [0.29, 0.717) is 0 Å². The smallest absolute Gasteiger partial charge is 0.140 e. The van der Waals surface area contributed by atoms with E-state index in [1.54, 1.807) is 0 Å². The van der Waals surface area contributed by atoms with E-state index in [1.165, 1.54) is 424 Å². The van der Waals surface area contributed by atoms with Gasteiger partial charge in [-0.2, -0.15) is 17.5 Å². The largest absolute Gasteiger partial charge is 0.481 e. The summed E-state index contributed by atoms with van der Waals surface area (Å²) >= 11 is 10.5. The number of hydrogen-bond donors (Lipinski definition) is 0. The number of aryl methyl sites for hydroxylation is 2. The molecule has 0 atom stereocenters. The monoisotopic (exact) mass is 1520 g/mol. The fourth-order valence-electron chi connectivity index (χ4n) is 17.2. The lowest BCUT2D eigenvalue weighted by molar-refractivity contribution is 0.0395. The van der Waals surface area contributed by atoms with Crippen molar-refractivity contribution >= 4 is 90.9 Å². The summed E-state index contributed by atoms with van der Waals surface area (Å²) in [5.74, 6) is 2.17. The highest BCUT2D eigenvalue weighted by Gasteiger charge is 2.45. The average Bonchev–Trinajstić information content (AvgIpc) is 1.57. The molecule has 0 fully saturated rings. The molecule has 2 aliphatic heterocycles. The number of hydrogen-bond acceptors (Lipinski definition) is 12. The van der Waals surface area contributed by atoms with Crippen LogP contribution in [0.25, 0.3) is 72.9 Å². The maximum Gasteiger partial charge on any atom is 0.140 e. The quantitative estimate of drug-likeness (QED) is 0.0354. The number of nitrogens with zero attached hydrogens (tertiary/aromatic N) is 4. The van der Waals surface area contributed by atoms with Crippen LogP contribution in [0.3, 0.4) is 0 Å².